The normalized spacial score (nSPS) is 20.8. The van der Waals surface area contributed by atoms with E-state index in [4.69, 9.17) is 0 Å². The first-order chi connectivity index (χ1) is 8.71. The number of anilines is 1. The Balaban J connectivity index is 1.80. The summed E-state index contributed by atoms with van der Waals surface area (Å²) in [4.78, 5) is 11.3. The van der Waals surface area contributed by atoms with Gasteiger partial charge in [0.2, 0.25) is 5.91 Å². The molecule has 1 fully saturated rings. The summed E-state index contributed by atoms with van der Waals surface area (Å²) in [6, 6.07) is 6.29. The number of rotatable bonds is 3. The molecule has 0 aromatic heterocycles. The number of aliphatic hydroxyl groups is 1. The Morgan fingerprint density at radius 2 is 2.11 bits per heavy atom. The quantitative estimate of drug-likeness (QED) is 0.858. The molecule has 1 heterocycles. The minimum absolute atomic E-state index is 0.112. The highest BCUT2D eigenvalue weighted by Crippen LogP contribution is 2.43. The van der Waals surface area contributed by atoms with E-state index in [0.29, 0.717) is 13.0 Å². The predicted octanol–water partition coefficient (Wildman–Crippen LogP) is 2.28. The SMILES string of the molecule is O=C1CCc2cc(CC3(CO)CCC3)ccc2N1. The van der Waals surface area contributed by atoms with Gasteiger partial charge in [-0.1, -0.05) is 18.6 Å². The van der Waals surface area contributed by atoms with Crippen LogP contribution in [0.5, 0.6) is 0 Å². The maximum atomic E-state index is 11.3. The van der Waals surface area contributed by atoms with Crippen molar-refractivity contribution in [3.05, 3.63) is 29.3 Å². The number of hydrogen-bond donors (Lipinski definition) is 2. The fourth-order valence-electron chi connectivity index (χ4n) is 3.05. The van der Waals surface area contributed by atoms with Gasteiger partial charge in [-0.15, -0.1) is 0 Å². The average Bonchev–Trinajstić information content (AvgIpc) is 2.34. The van der Waals surface area contributed by atoms with E-state index in [0.717, 1.165) is 31.4 Å². The summed E-state index contributed by atoms with van der Waals surface area (Å²) in [5.74, 6) is 0.112. The van der Waals surface area contributed by atoms with Gasteiger partial charge in [0.25, 0.3) is 0 Å². The van der Waals surface area contributed by atoms with E-state index in [1.54, 1.807) is 0 Å². The summed E-state index contributed by atoms with van der Waals surface area (Å²) in [5, 5.41) is 12.4. The van der Waals surface area contributed by atoms with E-state index >= 15 is 0 Å². The lowest BCUT2D eigenvalue weighted by atomic mass is 9.66. The molecule has 0 atom stereocenters. The Labute approximate surface area is 107 Å². The van der Waals surface area contributed by atoms with Crippen molar-refractivity contribution in [1.29, 1.82) is 0 Å². The number of carbonyl (C=O) groups is 1. The van der Waals surface area contributed by atoms with Crippen LogP contribution in [0.25, 0.3) is 0 Å². The van der Waals surface area contributed by atoms with Crippen LogP contribution < -0.4 is 5.32 Å². The predicted molar refractivity (Wildman–Crippen MR) is 70.5 cm³/mol. The van der Waals surface area contributed by atoms with Gasteiger partial charge in [-0.3, -0.25) is 4.79 Å². The lowest BCUT2D eigenvalue weighted by Crippen LogP contribution is -2.35. The minimum Gasteiger partial charge on any atom is -0.396 e. The Morgan fingerprint density at radius 3 is 2.78 bits per heavy atom. The minimum atomic E-state index is 0.112. The molecule has 96 valence electrons. The van der Waals surface area contributed by atoms with Crippen LogP contribution in [0, 0.1) is 5.41 Å². The molecule has 0 saturated heterocycles. The van der Waals surface area contributed by atoms with Gasteiger partial charge in [-0.25, -0.2) is 0 Å². The molecule has 1 amide bonds. The monoisotopic (exact) mass is 245 g/mol. The Hall–Kier alpha value is -1.35. The highest BCUT2D eigenvalue weighted by Gasteiger charge is 2.36. The second-order valence-corrected chi connectivity index (χ2v) is 5.73. The molecule has 3 nitrogen and oxygen atoms in total. The standard InChI is InChI=1S/C15H19NO2/c17-10-15(6-1-7-15)9-11-2-4-13-12(8-11)3-5-14(18)16-13/h2,4,8,17H,1,3,5-7,9-10H2,(H,16,18). The van der Waals surface area contributed by atoms with Crippen LogP contribution in [0.1, 0.15) is 36.8 Å². The van der Waals surface area contributed by atoms with E-state index in [9.17, 15) is 9.90 Å². The first-order valence-corrected chi connectivity index (χ1v) is 6.73. The van der Waals surface area contributed by atoms with Crippen molar-refractivity contribution in [1.82, 2.24) is 0 Å². The Morgan fingerprint density at radius 1 is 1.28 bits per heavy atom. The Bertz CT molecular complexity index is 472. The van der Waals surface area contributed by atoms with Crippen molar-refractivity contribution < 1.29 is 9.90 Å². The van der Waals surface area contributed by atoms with Gasteiger partial charge < -0.3 is 10.4 Å². The molecule has 0 unspecified atom stereocenters. The lowest BCUT2D eigenvalue weighted by molar-refractivity contribution is -0.116. The average molecular weight is 245 g/mol. The van der Waals surface area contributed by atoms with E-state index in [2.05, 4.69) is 17.4 Å². The zero-order chi connectivity index (χ0) is 12.6. The van der Waals surface area contributed by atoms with Gasteiger partial charge in [-0.2, -0.15) is 0 Å². The number of carbonyl (C=O) groups excluding carboxylic acids is 1. The third-order valence-electron chi connectivity index (χ3n) is 4.39. The molecule has 18 heavy (non-hydrogen) atoms. The van der Waals surface area contributed by atoms with Crippen molar-refractivity contribution in [2.75, 3.05) is 11.9 Å². The summed E-state index contributed by atoms with van der Waals surface area (Å²) >= 11 is 0. The van der Waals surface area contributed by atoms with Gasteiger partial charge in [-0.05, 0) is 48.3 Å². The van der Waals surface area contributed by atoms with E-state index in [-0.39, 0.29) is 11.3 Å². The van der Waals surface area contributed by atoms with Crippen LogP contribution in [0.2, 0.25) is 0 Å². The molecule has 2 aliphatic rings. The second-order valence-electron chi connectivity index (χ2n) is 5.73. The van der Waals surface area contributed by atoms with Gasteiger partial charge in [0, 0.05) is 18.7 Å². The highest BCUT2D eigenvalue weighted by atomic mass is 16.3. The lowest BCUT2D eigenvalue weighted by Gasteiger charge is -2.40. The molecule has 1 aliphatic carbocycles. The number of hydrogen-bond acceptors (Lipinski definition) is 2. The highest BCUT2D eigenvalue weighted by molar-refractivity contribution is 5.93. The van der Waals surface area contributed by atoms with E-state index in [1.807, 2.05) is 6.07 Å². The summed E-state index contributed by atoms with van der Waals surface area (Å²) in [6.45, 7) is 0.292. The van der Waals surface area contributed by atoms with Crippen LogP contribution in [-0.2, 0) is 17.6 Å². The number of nitrogens with one attached hydrogen (secondary N) is 1. The van der Waals surface area contributed by atoms with Crippen LogP contribution in [0.4, 0.5) is 5.69 Å². The molecule has 0 radical (unpaired) electrons. The summed E-state index contributed by atoms with van der Waals surface area (Å²) in [6.07, 6.45) is 5.89. The molecule has 1 aromatic rings. The zero-order valence-corrected chi connectivity index (χ0v) is 10.5. The molecule has 3 heteroatoms. The molecule has 1 aliphatic heterocycles. The largest absolute Gasteiger partial charge is 0.396 e. The molecule has 3 rings (SSSR count). The number of aliphatic hydroxyl groups excluding tert-OH is 1. The summed E-state index contributed by atoms with van der Waals surface area (Å²) in [7, 11) is 0. The molecular weight excluding hydrogens is 226 g/mol. The maximum Gasteiger partial charge on any atom is 0.224 e. The first kappa shape index (κ1) is 11.7. The number of aryl methyl sites for hydroxylation is 1. The van der Waals surface area contributed by atoms with Crippen LogP contribution in [0.3, 0.4) is 0 Å². The number of fused-ring (bicyclic) bond motifs is 1. The van der Waals surface area contributed by atoms with Crippen molar-refractivity contribution in [3.63, 3.8) is 0 Å². The van der Waals surface area contributed by atoms with Crippen molar-refractivity contribution in [2.45, 2.75) is 38.5 Å². The fourth-order valence-corrected chi connectivity index (χ4v) is 3.05. The Kier molecular flexibility index (Phi) is 2.86. The molecule has 1 saturated carbocycles. The molecule has 2 N–H and O–H groups in total. The maximum absolute atomic E-state index is 11.3. The van der Waals surface area contributed by atoms with E-state index in [1.165, 1.54) is 17.5 Å². The third kappa shape index (κ3) is 2.03. The number of benzene rings is 1. The summed E-state index contributed by atoms with van der Waals surface area (Å²) < 4.78 is 0. The van der Waals surface area contributed by atoms with E-state index < -0.39 is 0 Å². The molecule has 0 spiro atoms. The van der Waals surface area contributed by atoms with Crippen molar-refractivity contribution >= 4 is 11.6 Å². The smallest absolute Gasteiger partial charge is 0.224 e. The second kappa shape index (κ2) is 4.39. The zero-order valence-electron chi connectivity index (χ0n) is 10.5. The molecular formula is C15H19NO2. The van der Waals surface area contributed by atoms with Crippen molar-refractivity contribution in [3.8, 4) is 0 Å². The number of amides is 1. The van der Waals surface area contributed by atoms with Gasteiger partial charge in [0.05, 0.1) is 0 Å². The van der Waals surface area contributed by atoms with Crippen molar-refractivity contribution in [2.24, 2.45) is 5.41 Å². The van der Waals surface area contributed by atoms with Gasteiger partial charge >= 0.3 is 0 Å². The van der Waals surface area contributed by atoms with Gasteiger partial charge in [0.1, 0.15) is 0 Å². The first-order valence-electron chi connectivity index (χ1n) is 6.73. The fraction of sp³-hybridized carbons (Fsp3) is 0.533. The van der Waals surface area contributed by atoms with Gasteiger partial charge in [0.15, 0.2) is 0 Å². The third-order valence-corrected chi connectivity index (χ3v) is 4.39. The van der Waals surface area contributed by atoms with Crippen LogP contribution in [-0.4, -0.2) is 17.6 Å². The van der Waals surface area contributed by atoms with Crippen LogP contribution >= 0.6 is 0 Å². The summed E-state index contributed by atoms with van der Waals surface area (Å²) in [5.41, 5.74) is 3.62. The topological polar surface area (TPSA) is 49.3 Å². The molecule has 1 aromatic carbocycles. The molecule has 0 bridgehead atoms. The van der Waals surface area contributed by atoms with Crippen LogP contribution in [0.15, 0.2) is 18.2 Å².